The van der Waals surface area contributed by atoms with E-state index in [9.17, 15) is 4.79 Å². The molecule has 0 unspecified atom stereocenters. The fourth-order valence-corrected chi connectivity index (χ4v) is 2.97. The second-order valence-corrected chi connectivity index (χ2v) is 5.68. The van der Waals surface area contributed by atoms with Crippen LogP contribution in [0, 0.1) is 0 Å². The van der Waals surface area contributed by atoms with Crippen molar-refractivity contribution < 1.29 is 14.3 Å². The summed E-state index contributed by atoms with van der Waals surface area (Å²) in [7, 11) is 3.17. The summed E-state index contributed by atoms with van der Waals surface area (Å²) in [5, 5.41) is 2.84. The summed E-state index contributed by atoms with van der Waals surface area (Å²) in [6.07, 6.45) is 0. The van der Waals surface area contributed by atoms with Crippen LogP contribution in [-0.2, 0) is 10.5 Å². The number of nitrogens with one attached hydrogen (secondary N) is 1. The zero-order valence-electron chi connectivity index (χ0n) is 12.9. The number of methoxy groups -OCH3 is 2. The standard InChI is InChI=1S/C17H19NO3S/c1-12(19)18-14-9-15(20-2)16(21-3)10-17(14)22-11-13-7-5-4-6-8-13/h4-10H,11H2,1-3H3,(H,18,19). The largest absolute Gasteiger partial charge is 0.493 e. The second-order valence-electron chi connectivity index (χ2n) is 4.66. The summed E-state index contributed by atoms with van der Waals surface area (Å²) in [6, 6.07) is 13.8. The van der Waals surface area contributed by atoms with Gasteiger partial charge in [-0.1, -0.05) is 30.3 Å². The van der Waals surface area contributed by atoms with E-state index in [1.807, 2.05) is 24.3 Å². The van der Waals surface area contributed by atoms with Gasteiger partial charge >= 0.3 is 0 Å². The van der Waals surface area contributed by atoms with Gasteiger partial charge in [0.05, 0.1) is 19.9 Å². The van der Waals surface area contributed by atoms with Gasteiger partial charge in [0.15, 0.2) is 11.5 Å². The monoisotopic (exact) mass is 317 g/mol. The summed E-state index contributed by atoms with van der Waals surface area (Å²) >= 11 is 1.64. The maximum atomic E-state index is 11.4. The molecule has 4 nitrogen and oxygen atoms in total. The van der Waals surface area contributed by atoms with Crippen molar-refractivity contribution in [2.45, 2.75) is 17.6 Å². The van der Waals surface area contributed by atoms with Crippen LogP contribution in [0.3, 0.4) is 0 Å². The predicted molar refractivity (Wildman–Crippen MR) is 89.9 cm³/mol. The zero-order chi connectivity index (χ0) is 15.9. The van der Waals surface area contributed by atoms with Gasteiger partial charge in [0, 0.05) is 23.6 Å². The van der Waals surface area contributed by atoms with Crippen LogP contribution in [0.5, 0.6) is 11.5 Å². The Bertz CT molecular complexity index is 644. The molecule has 0 saturated carbocycles. The van der Waals surface area contributed by atoms with E-state index in [0.29, 0.717) is 11.5 Å². The van der Waals surface area contributed by atoms with Crippen LogP contribution in [0.25, 0.3) is 0 Å². The van der Waals surface area contributed by atoms with Gasteiger partial charge in [-0.3, -0.25) is 4.79 Å². The lowest BCUT2D eigenvalue weighted by molar-refractivity contribution is -0.114. The molecule has 0 aliphatic carbocycles. The number of benzene rings is 2. The van der Waals surface area contributed by atoms with Gasteiger partial charge in [0.2, 0.25) is 5.91 Å². The number of carbonyl (C=O) groups is 1. The summed E-state index contributed by atoms with van der Waals surface area (Å²) in [5.74, 6) is 1.93. The highest BCUT2D eigenvalue weighted by molar-refractivity contribution is 7.98. The third-order valence-electron chi connectivity index (χ3n) is 3.03. The van der Waals surface area contributed by atoms with E-state index in [4.69, 9.17) is 9.47 Å². The fourth-order valence-electron chi connectivity index (χ4n) is 2.00. The first-order chi connectivity index (χ1) is 10.6. The van der Waals surface area contributed by atoms with Crippen molar-refractivity contribution in [1.82, 2.24) is 0 Å². The van der Waals surface area contributed by atoms with E-state index in [-0.39, 0.29) is 5.91 Å². The van der Waals surface area contributed by atoms with Gasteiger partial charge in [0.25, 0.3) is 0 Å². The number of hydrogen-bond acceptors (Lipinski definition) is 4. The summed E-state index contributed by atoms with van der Waals surface area (Å²) in [6.45, 7) is 1.49. The maximum Gasteiger partial charge on any atom is 0.221 e. The Kier molecular flexibility index (Phi) is 5.72. The number of thioether (sulfide) groups is 1. The molecule has 0 saturated heterocycles. The normalized spacial score (nSPS) is 10.1. The van der Waals surface area contributed by atoms with Crippen LogP contribution in [0.15, 0.2) is 47.4 Å². The predicted octanol–water partition coefficient (Wildman–Crippen LogP) is 3.95. The number of carbonyl (C=O) groups excluding carboxylic acids is 1. The molecule has 0 bridgehead atoms. The molecule has 0 aliphatic heterocycles. The SMILES string of the molecule is COc1cc(NC(C)=O)c(SCc2ccccc2)cc1OC. The molecule has 2 rings (SSSR count). The highest BCUT2D eigenvalue weighted by Crippen LogP contribution is 2.39. The molecule has 0 fully saturated rings. The topological polar surface area (TPSA) is 47.6 Å². The van der Waals surface area contributed by atoms with Crippen LogP contribution in [0.2, 0.25) is 0 Å². The van der Waals surface area contributed by atoms with E-state index in [0.717, 1.165) is 16.3 Å². The van der Waals surface area contributed by atoms with Crippen molar-refractivity contribution in [2.75, 3.05) is 19.5 Å². The Hall–Kier alpha value is -2.14. The first kappa shape index (κ1) is 16.2. The van der Waals surface area contributed by atoms with Crippen LogP contribution in [-0.4, -0.2) is 20.1 Å². The first-order valence-electron chi connectivity index (χ1n) is 6.84. The molecule has 22 heavy (non-hydrogen) atoms. The fraction of sp³-hybridized carbons (Fsp3) is 0.235. The third kappa shape index (κ3) is 4.18. The van der Waals surface area contributed by atoms with Gasteiger partial charge in [-0.15, -0.1) is 11.8 Å². The van der Waals surface area contributed by atoms with Gasteiger partial charge in [-0.25, -0.2) is 0 Å². The zero-order valence-corrected chi connectivity index (χ0v) is 13.7. The van der Waals surface area contributed by atoms with Gasteiger partial charge < -0.3 is 14.8 Å². The van der Waals surface area contributed by atoms with Gasteiger partial charge in [0.1, 0.15) is 0 Å². The smallest absolute Gasteiger partial charge is 0.221 e. The molecule has 5 heteroatoms. The molecule has 116 valence electrons. The number of rotatable bonds is 6. The Morgan fingerprint density at radius 3 is 2.32 bits per heavy atom. The summed E-state index contributed by atoms with van der Waals surface area (Å²) in [4.78, 5) is 12.3. The quantitative estimate of drug-likeness (QED) is 0.819. The minimum Gasteiger partial charge on any atom is -0.493 e. The van der Waals surface area contributed by atoms with E-state index < -0.39 is 0 Å². The molecular weight excluding hydrogens is 298 g/mol. The highest BCUT2D eigenvalue weighted by Gasteiger charge is 2.12. The Morgan fingerprint density at radius 1 is 1.09 bits per heavy atom. The molecule has 1 amide bonds. The average Bonchev–Trinajstić information content (AvgIpc) is 2.53. The summed E-state index contributed by atoms with van der Waals surface area (Å²) < 4.78 is 10.6. The van der Waals surface area contributed by atoms with E-state index in [1.54, 1.807) is 32.0 Å². The van der Waals surface area contributed by atoms with Crippen molar-refractivity contribution in [3.63, 3.8) is 0 Å². The number of amides is 1. The van der Waals surface area contributed by atoms with Crippen LogP contribution < -0.4 is 14.8 Å². The maximum absolute atomic E-state index is 11.4. The lowest BCUT2D eigenvalue weighted by atomic mass is 10.2. The number of ether oxygens (including phenoxy) is 2. The van der Waals surface area contributed by atoms with Gasteiger partial charge in [-0.2, -0.15) is 0 Å². The Balaban J connectivity index is 2.28. The van der Waals surface area contributed by atoms with Crippen molar-refractivity contribution in [3.05, 3.63) is 48.0 Å². The second kappa shape index (κ2) is 7.75. The molecule has 2 aromatic carbocycles. The molecule has 0 atom stereocenters. The molecule has 0 aromatic heterocycles. The van der Waals surface area contributed by atoms with Crippen LogP contribution >= 0.6 is 11.8 Å². The highest BCUT2D eigenvalue weighted by atomic mass is 32.2. The lowest BCUT2D eigenvalue weighted by Crippen LogP contribution is -2.07. The summed E-state index contributed by atoms with van der Waals surface area (Å²) in [5.41, 5.74) is 1.95. The Morgan fingerprint density at radius 2 is 1.73 bits per heavy atom. The molecule has 2 aromatic rings. The number of hydrogen-bond donors (Lipinski definition) is 1. The third-order valence-corrected chi connectivity index (χ3v) is 4.16. The molecule has 0 radical (unpaired) electrons. The van der Waals surface area contributed by atoms with Gasteiger partial charge in [-0.05, 0) is 11.6 Å². The average molecular weight is 317 g/mol. The van der Waals surface area contributed by atoms with Crippen molar-refractivity contribution in [3.8, 4) is 11.5 Å². The Labute approximate surface area is 134 Å². The van der Waals surface area contributed by atoms with E-state index in [2.05, 4.69) is 17.4 Å². The van der Waals surface area contributed by atoms with Crippen molar-refractivity contribution >= 4 is 23.4 Å². The van der Waals surface area contributed by atoms with Crippen LogP contribution in [0.1, 0.15) is 12.5 Å². The van der Waals surface area contributed by atoms with Crippen molar-refractivity contribution in [2.24, 2.45) is 0 Å². The molecular formula is C17H19NO3S. The number of anilines is 1. The molecule has 0 aliphatic rings. The van der Waals surface area contributed by atoms with Crippen molar-refractivity contribution in [1.29, 1.82) is 0 Å². The lowest BCUT2D eigenvalue weighted by Gasteiger charge is -2.15. The minimum absolute atomic E-state index is 0.117. The first-order valence-corrected chi connectivity index (χ1v) is 7.83. The molecule has 1 N–H and O–H groups in total. The van der Waals surface area contributed by atoms with E-state index >= 15 is 0 Å². The minimum atomic E-state index is -0.117. The molecule has 0 heterocycles. The van der Waals surface area contributed by atoms with Crippen LogP contribution in [0.4, 0.5) is 5.69 Å². The van der Waals surface area contributed by atoms with E-state index in [1.165, 1.54) is 12.5 Å². The molecule has 0 spiro atoms.